The standard InChI is InChI=1S/C27H29NO5S/c1-2-32-27(29)19-33-26-14-8-12-23-24(26)11-6-7-13-25(23)28-34(30,31)22-17-15-21(16-18-22)20-9-4-3-5-10-20/h3-5,8-10,12,14-18,25,28H,2,6-7,11,13,19H2,1H3. The highest BCUT2D eigenvalue weighted by Gasteiger charge is 2.26. The van der Waals surface area contributed by atoms with Gasteiger partial charge in [-0.15, -0.1) is 0 Å². The Hall–Kier alpha value is -3.16. The lowest BCUT2D eigenvalue weighted by atomic mass is 9.99. The summed E-state index contributed by atoms with van der Waals surface area (Å²) in [6.07, 6.45) is 3.25. The third kappa shape index (κ3) is 5.66. The molecule has 0 aliphatic heterocycles. The molecule has 34 heavy (non-hydrogen) atoms. The fourth-order valence-electron chi connectivity index (χ4n) is 4.29. The minimum Gasteiger partial charge on any atom is -0.482 e. The fourth-order valence-corrected chi connectivity index (χ4v) is 5.54. The van der Waals surface area contributed by atoms with E-state index < -0.39 is 16.0 Å². The molecule has 1 N–H and O–H groups in total. The quantitative estimate of drug-likeness (QED) is 0.362. The predicted octanol–water partition coefficient (Wildman–Crippen LogP) is 5.04. The number of hydrogen-bond donors (Lipinski definition) is 1. The van der Waals surface area contributed by atoms with E-state index in [1.54, 1.807) is 19.1 Å². The maximum absolute atomic E-state index is 13.2. The highest BCUT2D eigenvalue weighted by atomic mass is 32.2. The van der Waals surface area contributed by atoms with Crippen LogP contribution >= 0.6 is 0 Å². The Balaban J connectivity index is 1.55. The number of nitrogens with one attached hydrogen (secondary N) is 1. The summed E-state index contributed by atoms with van der Waals surface area (Å²) >= 11 is 0. The van der Waals surface area contributed by atoms with Crippen LogP contribution in [0, 0.1) is 0 Å². The highest BCUT2D eigenvalue weighted by molar-refractivity contribution is 7.89. The zero-order chi connectivity index (χ0) is 24.0. The molecule has 0 heterocycles. The van der Waals surface area contributed by atoms with Crippen LogP contribution in [-0.4, -0.2) is 27.6 Å². The number of rotatable bonds is 8. The number of benzene rings is 3. The second-order valence-electron chi connectivity index (χ2n) is 8.23. The minimum atomic E-state index is -3.73. The van der Waals surface area contributed by atoms with E-state index in [1.807, 2.05) is 60.7 Å². The molecule has 7 heteroatoms. The minimum absolute atomic E-state index is 0.172. The van der Waals surface area contributed by atoms with Crippen molar-refractivity contribution in [2.24, 2.45) is 0 Å². The molecule has 0 aromatic heterocycles. The van der Waals surface area contributed by atoms with E-state index in [-0.39, 0.29) is 17.5 Å². The Bertz CT molecular complexity index is 1220. The molecule has 0 saturated carbocycles. The summed E-state index contributed by atoms with van der Waals surface area (Å²) in [5.41, 5.74) is 3.83. The lowest BCUT2D eigenvalue weighted by molar-refractivity contribution is -0.145. The van der Waals surface area contributed by atoms with Crippen molar-refractivity contribution in [3.8, 4) is 16.9 Å². The molecule has 0 radical (unpaired) electrons. The second-order valence-corrected chi connectivity index (χ2v) is 9.94. The first kappa shape index (κ1) is 24.0. The van der Waals surface area contributed by atoms with Crippen molar-refractivity contribution in [3.63, 3.8) is 0 Å². The number of hydrogen-bond acceptors (Lipinski definition) is 5. The summed E-state index contributed by atoms with van der Waals surface area (Å²) in [6.45, 7) is 1.87. The number of fused-ring (bicyclic) bond motifs is 1. The highest BCUT2D eigenvalue weighted by Crippen LogP contribution is 2.35. The van der Waals surface area contributed by atoms with E-state index in [4.69, 9.17) is 9.47 Å². The van der Waals surface area contributed by atoms with Crippen molar-refractivity contribution in [1.82, 2.24) is 4.72 Å². The first-order chi connectivity index (χ1) is 16.5. The van der Waals surface area contributed by atoms with Gasteiger partial charge in [-0.25, -0.2) is 17.9 Å². The smallest absolute Gasteiger partial charge is 0.344 e. The fraction of sp³-hybridized carbons (Fsp3) is 0.296. The van der Waals surface area contributed by atoms with Gasteiger partial charge >= 0.3 is 5.97 Å². The molecule has 1 unspecified atom stereocenters. The molecule has 1 aliphatic carbocycles. The predicted molar refractivity (Wildman–Crippen MR) is 131 cm³/mol. The number of carbonyl (C=O) groups is 1. The molecule has 1 atom stereocenters. The van der Waals surface area contributed by atoms with Gasteiger partial charge in [0.1, 0.15) is 5.75 Å². The van der Waals surface area contributed by atoms with E-state index in [0.29, 0.717) is 18.8 Å². The zero-order valence-corrected chi connectivity index (χ0v) is 20.0. The normalized spacial score (nSPS) is 15.7. The van der Waals surface area contributed by atoms with Gasteiger partial charge in [-0.1, -0.05) is 61.0 Å². The van der Waals surface area contributed by atoms with E-state index in [2.05, 4.69) is 4.72 Å². The molecule has 0 fully saturated rings. The van der Waals surface area contributed by atoms with Crippen molar-refractivity contribution < 1.29 is 22.7 Å². The number of ether oxygens (including phenoxy) is 2. The average molecular weight is 480 g/mol. The van der Waals surface area contributed by atoms with Crippen LogP contribution in [0.2, 0.25) is 0 Å². The van der Waals surface area contributed by atoms with Gasteiger partial charge < -0.3 is 9.47 Å². The van der Waals surface area contributed by atoms with Crippen LogP contribution in [0.5, 0.6) is 5.75 Å². The molecule has 0 bridgehead atoms. The first-order valence-electron chi connectivity index (χ1n) is 11.6. The van der Waals surface area contributed by atoms with Crippen molar-refractivity contribution in [2.45, 2.75) is 43.5 Å². The molecule has 178 valence electrons. The molecule has 1 aliphatic rings. The lowest BCUT2D eigenvalue weighted by Gasteiger charge is -2.21. The van der Waals surface area contributed by atoms with Gasteiger partial charge in [-0.05, 0) is 66.6 Å². The molecule has 3 aromatic rings. The summed E-state index contributed by atoms with van der Waals surface area (Å²) < 4.78 is 40.1. The molecule has 6 nitrogen and oxygen atoms in total. The van der Waals surface area contributed by atoms with Gasteiger partial charge in [0, 0.05) is 6.04 Å². The van der Waals surface area contributed by atoms with Crippen molar-refractivity contribution in [3.05, 3.63) is 83.9 Å². The Kier molecular flexibility index (Phi) is 7.65. The maximum Gasteiger partial charge on any atom is 0.344 e. The van der Waals surface area contributed by atoms with Crippen LogP contribution in [0.1, 0.15) is 43.4 Å². The third-order valence-corrected chi connectivity index (χ3v) is 7.42. The second kappa shape index (κ2) is 10.8. The molecule has 0 amide bonds. The van der Waals surface area contributed by atoms with Gasteiger partial charge in [-0.2, -0.15) is 0 Å². The van der Waals surface area contributed by atoms with Crippen molar-refractivity contribution >= 4 is 16.0 Å². The van der Waals surface area contributed by atoms with Crippen LogP contribution in [-0.2, 0) is 26.0 Å². The summed E-state index contributed by atoms with van der Waals surface area (Å²) in [5.74, 6) is 0.175. The van der Waals surface area contributed by atoms with Crippen LogP contribution in [0.3, 0.4) is 0 Å². The van der Waals surface area contributed by atoms with Crippen molar-refractivity contribution in [1.29, 1.82) is 0 Å². The maximum atomic E-state index is 13.2. The van der Waals surface area contributed by atoms with Gasteiger partial charge in [-0.3, -0.25) is 0 Å². The molecule has 0 saturated heterocycles. The van der Waals surface area contributed by atoms with Crippen LogP contribution in [0.4, 0.5) is 0 Å². The van der Waals surface area contributed by atoms with E-state index in [9.17, 15) is 13.2 Å². The van der Waals surface area contributed by atoms with Gasteiger partial charge in [0.25, 0.3) is 0 Å². The molecular weight excluding hydrogens is 450 g/mol. The van der Waals surface area contributed by atoms with E-state index >= 15 is 0 Å². The van der Waals surface area contributed by atoms with E-state index in [1.165, 1.54) is 0 Å². The Labute approximate surface area is 201 Å². The molecular formula is C27H29NO5S. The summed E-state index contributed by atoms with van der Waals surface area (Å²) in [7, 11) is -3.73. The first-order valence-corrected chi connectivity index (χ1v) is 13.0. The number of esters is 1. The lowest BCUT2D eigenvalue weighted by Crippen LogP contribution is -2.29. The SMILES string of the molecule is CCOC(=O)COc1cccc2c1CCCCC2NS(=O)(=O)c1ccc(-c2ccccc2)cc1. The largest absolute Gasteiger partial charge is 0.482 e. The number of carbonyl (C=O) groups excluding carboxylic acids is 1. The summed E-state index contributed by atoms with van der Waals surface area (Å²) in [6, 6.07) is 22.0. The molecule has 0 spiro atoms. The Morgan fingerprint density at radius 3 is 2.41 bits per heavy atom. The van der Waals surface area contributed by atoms with Gasteiger partial charge in [0.2, 0.25) is 10.0 Å². The summed E-state index contributed by atoms with van der Waals surface area (Å²) in [5, 5.41) is 0. The Morgan fingerprint density at radius 2 is 1.68 bits per heavy atom. The van der Waals surface area contributed by atoms with Crippen LogP contribution < -0.4 is 9.46 Å². The molecule has 4 rings (SSSR count). The van der Waals surface area contributed by atoms with Gasteiger partial charge in [0.05, 0.1) is 11.5 Å². The van der Waals surface area contributed by atoms with E-state index in [0.717, 1.165) is 41.5 Å². The molecule has 3 aromatic carbocycles. The number of sulfonamides is 1. The topological polar surface area (TPSA) is 81.7 Å². The van der Waals surface area contributed by atoms with Crippen molar-refractivity contribution in [2.75, 3.05) is 13.2 Å². The zero-order valence-electron chi connectivity index (χ0n) is 19.2. The summed E-state index contributed by atoms with van der Waals surface area (Å²) in [4.78, 5) is 12.0. The third-order valence-electron chi connectivity index (χ3n) is 5.93. The van der Waals surface area contributed by atoms with Crippen LogP contribution in [0.25, 0.3) is 11.1 Å². The van der Waals surface area contributed by atoms with Gasteiger partial charge in [0.15, 0.2) is 6.61 Å². The Morgan fingerprint density at radius 1 is 0.941 bits per heavy atom. The van der Waals surface area contributed by atoms with Crippen LogP contribution in [0.15, 0.2) is 77.7 Å². The average Bonchev–Trinajstić information content (AvgIpc) is 3.06. The monoisotopic (exact) mass is 479 g/mol.